The SMILES string of the molecule is c1ccc(-c2nc(-c3ccccc3)nc(-c3cccc(-n4c5ccccc5c5cc(-c6ccc7c(c6)Oc6cc8ccccc8cc6O7)ccc54)c3)n2)cc1. The first-order valence-electron chi connectivity index (χ1n) is 18.3. The van der Waals surface area contributed by atoms with Gasteiger partial charge in [-0.1, -0.05) is 127 Å². The third kappa shape index (κ3) is 5.39. The van der Waals surface area contributed by atoms with Crippen molar-refractivity contribution in [1.29, 1.82) is 0 Å². The van der Waals surface area contributed by atoms with Crippen molar-refractivity contribution in [3.05, 3.63) is 182 Å². The number of hydrogen-bond acceptors (Lipinski definition) is 5. The Hall–Kier alpha value is -7.57. The second-order valence-electron chi connectivity index (χ2n) is 13.7. The fraction of sp³-hybridized carbons (Fsp3) is 0. The summed E-state index contributed by atoms with van der Waals surface area (Å²) in [4.78, 5) is 14.9. The van der Waals surface area contributed by atoms with Crippen LogP contribution in [0, 0.1) is 0 Å². The maximum Gasteiger partial charge on any atom is 0.170 e. The maximum absolute atomic E-state index is 6.44. The Morgan fingerprint density at radius 3 is 1.56 bits per heavy atom. The van der Waals surface area contributed by atoms with Crippen molar-refractivity contribution in [2.24, 2.45) is 0 Å². The van der Waals surface area contributed by atoms with Crippen molar-refractivity contribution in [2.45, 2.75) is 0 Å². The zero-order valence-electron chi connectivity index (χ0n) is 29.4. The lowest BCUT2D eigenvalue weighted by Crippen LogP contribution is -2.01. The van der Waals surface area contributed by atoms with E-state index in [2.05, 4.69) is 95.6 Å². The summed E-state index contributed by atoms with van der Waals surface area (Å²) in [5, 5.41) is 4.55. The minimum absolute atomic E-state index is 0.618. The highest BCUT2D eigenvalue weighted by molar-refractivity contribution is 6.10. The predicted octanol–water partition coefficient (Wildman–Crippen LogP) is 12.7. The van der Waals surface area contributed by atoms with Gasteiger partial charge in [-0.05, 0) is 76.5 Å². The molecule has 0 spiro atoms. The highest BCUT2D eigenvalue weighted by Gasteiger charge is 2.21. The molecule has 6 heteroatoms. The molecule has 1 aliphatic heterocycles. The average molecular weight is 707 g/mol. The van der Waals surface area contributed by atoms with Gasteiger partial charge in [0.15, 0.2) is 40.5 Å². The molecule has 55 heavy (non-hydrogen) atoms. The number of aromatic nitrogens is 4. The van der Waals surface area contributed by atoms with Crippen molar-refractivity contribution in [3.63, 3.8) is 0 Å². The molecule has 0 saturated carbocycles. The van der Waals surface area contributed by atoms with Gasteiger partial charge >= 0.3 is 0 Å². The van der Waals surface area contributed by atoms with E-state index in [-0.39, 0.29) is 0 Å². The first-order valence-corrected chi connectivity index (χ1v) is 18.3. The largest absolute Gasteiger partial charge is 0.449 e. The van der Waals surface area contributed by atoms with Gasteiger partial charge in [-0.3, -0.25) is 0 Å². The number of para-hydroxylation sites is 1. The first-order chi connectivity index (χ1) is 27.2. The van der Waals surface area contributed by atoms with Crippen LogP contribution in [-0.2, 0) is 0 Å². The Morgan fingerprint density at radius 1 is 0.327 bits per heavy atom. The normalized spacial score (nSPS) is 11.9. The molecular weight excluding hydrogens is 677 g/mol. The maximum atomic E-state index is 6.44. The average Bonchev–Trinajstić information content (AvgIpc) is 3.59. The van der Waals surface area contributed by atoms with Crippen molar-refractivity contribution < 1.29 is 9.47 Å². The van der Waals surface area contributed by atoms with Crippen LogP contribution in [-0.4, -0.2) is 19.5 Å². The van der Waals surface area contributed by atoms with Gasteiger partial charge in [-0.15, -0.1) is 0 Å². The van der Waals surface area contributed by atoms with Gasteiger partial charge in [0.2, 0.25) is 0 Å². The van der Waals surface area contributed by atoms with Crippen LogP contribution < -0.4 is 9.47 Å². The summed E-state index contributed by atoms with van der Waals surface area (Å²) in [6, 6.07) is 62.3. The fourth-order valence-corrected chi connectivity index (χ4v) is 7.60. The van der Waals surface area contributed by atoms with E-state index in [1.54, 1.807) is 0 Å². The van der Waals surface area contributed by atoms with Crippen LogP contribution in [0.15, 0.2) is 182 Å². The number of rotatable bonds is 5. The monoisotopic (exact) mass is 706 g/mol. The quantitative estimate of drug-likeness (QED) is 0.178. The van der Waals surface area contributed by atoms with Crippen molar-refractivity contribution >= 4 is 32.6 Å². The summed E-state index contributed by atoms with van der Waals surface area (Å²) >= 11 is 0. The Bertz CT molecular complexity index is 3040. The topological polar surface area (TPSA) is 62.1 Å². The lowest BCUT2D eigenvalue weighted by Gasteiger charge is -2.22. The van der Waals surface area contributed by atoms with E-state index in [0.717, 1.165) is 66.4 Å². The molecule has 0 amide bonds. The van der Waals surface area contributed by atoms with Crippen LogP contribution in [0.1, 0.15) is 0 Å². The first kappa shape index (κ1) is 31.0. The minimum Gasteiger partial charge on any atom is -0.449 e. The molecule has 0 atom stereocenters. The molecule has 0 saturated heterocycles. The van der Waals surface area contributed by atoms with Crippen LogP contribution in [0.2, 0.25) is 0 Å². The lowest BCUT2D eigenvalue weighted by molar-refractivity contribution is 0.360. The van der Waals surface area contributed by atoms with Gasteiger partial charge in [-0.2, -0.15) is 0 Å². The Balaban J connectivity index is 0.999. The number of ether oxygens (including phenoxy) is 2. The zero-order chi connectivity index (χ0) is 36.3. The van der Waals surface area contributed by atoms with Crippen LogP contribution in [0.4, 0.5) is 0 Å². The zero-order valence-corrected chi connectivity index (χ0v) is 29.4. The number of fused-ring (bicyclic) bond motifs is 6. The molecule has 1 aliphatic rings. The van der Waals surface area contributed by atoms with Crippen LogP contribution in [0.3, 0.4) is 0 Å². The number of hydrogen-bond donors (Lipinski definition) is 0. The van der Waals surface area contributed by atoms with E-state index in [1.807, 2.05) is 91.0 Å². The van der Waals surface area contributed by atoms with Gasteiger partial charge in [0.25, 0.3) is 0 Å². The highest BCUT2D eigenvalue weighted by Crippen LogP contribution is 2.48. The standard InChI is InChI=1S/C49H30N4O2/c1-3-12-31(13-4-1)47-50-48(32-14-5-2-6-15-32)52-49(51-47)37-18-11-19-38(26-37)53-41-21-10-9-20-39(41)40-27-35(22-24-42(40)53)36-23-25-43-44(30-36)55-46-29-34-17-8-7-16-33(34)28-45(46)54-43/h1-30H. The summed E-state index contributed by atoms with van der Waals surface area (Å²) in [7, 11) is 0. The molecule has 0 aliphatic carbocycles. The van der Waals surface area contributed by atoms with Crippen molar-refractivity contribution in [1.82, 2.24) is 19.5 Å². The molecule has 8 aromatic carbocycles. The van der Waals surface area contributed by atoms with Gasteiger partial charge in [0, 0.05) is 33.2 Å². The summed E-state index contributed by atoms with van der Waals surface area (Å²) in [6.45, 7) is 0. The summed E-state index contributed by atoms with van der Waals surface area (Å²) in [5.74, 6) is 4.73. The number of nitrogens with zero attached hydrogens (tertiary/aromatic N) is 4. The molecule has 0 radical (unpaired) electrons. The molecule has 6 nitrogen and oxygen atoms in total. The smallest absolute Gasteiger partial charge is 0.170 e. The van der Waals surface area contributed by atoms with E-state index < -0.39 is 0 Å². The van der Waals surface area contributed by atoms with Gasteiger partial charge in [0.1, 0.15) is 0 Å². The molecule has 0 N–H and O–H groups in total. The van der Waals surface area contributed by atoms with Crippen molar-refractivity contribution in [2.75, 3.05) is 0 Å². The molecule has 2 aromatic heterocycles. The summed E-state index contributed by atoms with van der Waals surface area (Å²) in [5.41, 5.74) is 8.16. The van der Waals surface area contributed by atoms with E-state index in [0.29, 0.717) is 34.7 Å². The molecule has 258 valence electrons. The Labute approximate surface area is 316 Å². The highest BCUT2D eigenvalue weighted by atomic mass is 16.6. The van der Waals surface area contributed by atoms with Crippen molar-refractivity contribution in [3.8, 4) is 74.0 Å². The Morgan fingerprint density at radius 2 is 0.855 bits per heavy atom. The lowest BCUT2D eigenvalue weighted by atomic mass is 10.0. The van der Waals surface area contributed by atoms with E-state index >= 15 is 0 Å². The third-order valence-electron chi connectivity index (χ3n) is 10.3. The molecule has 0 bridgehead atoms. The van der Waals surface area contributed by atoms with Crippen LogP contribution in [0.5, 0.6) is 23.0 Å². The van der Waals surface area contributed by atoms with Gasteiger partial charge < -0.3 is 14.0 Å². The molecular formula is C49H30N4O2. The van der Waals surface area contributed by atoms with E-state index in [1.165, 1.54) is 5.39 Å². The second-order valence-corrected chi connectivity index (χ2v) is 13.7. The Kier molecular flexibility index (Phi) is 7.07. The summed E-state index contributed by atoms with van der Waals surface area (Å²) < 4.78 is 15.1. The van der Waals surface area contributed by atoms with E-state index in [4.69, 9.17) is 24.4 Å². The summed E-state index contributed by atoms with van der Waals surface area (Å²) in [6.07, 6.45) is 0. The molecule has 0 unspecified atom stereocenters. The fourth-order valence-electron chi connectivity index (χ4n) is 7.60. The molecule has 0 fully saturated rings. The van der Waals surface area contributed by atoms with Crippen LogP contribution in [0.25, 0.3) is 83.6 Å². The third-order valence-corrected chi connectivity index (χ3v) is 10.3. The van der Waals surface area contributed by atoms with E-state index in [9.17, 15) is 0 Å². The molecule has 3 heterocycles. The number of benzene rings is 8. The molecule has 10 aromatic rings. The van der Waals surface area contributed by atoms with Crippen LogP contribution >= 0.6 is 0 Å². The second kappa shape index (κ2) is 12.5. The van der Waals surface area contributed by atoms with Gasteiger partial charge in [0.05, 0.1) is 11.0 Å². The minimum atomic E-state index is 0.618. The van der Waals surface area contributed by atoms with Gasteiger partial charge in [-0.25, -0.2) is 15.0 Å². The molecule has 11 rings (SSSR count). The predicted molar refractivity (Wildman–Crippen MR) is 220 cm³/mol.